The summed E-state index contributed by atoms with van der Waals surface area (Å²) in [4.78, 5) is 0. The molecular formula is C9H12NO5S2+. The van der Waals surface area contributed by atoms with E-state index < -0.39 is 23.8 Å². The van der Waals surface area contributed by atoms with Gasteiger partial charge in [-0.05, 0) is 12.2 Å². The lowest BCUT2D eigenvalue weighted by atomic mass is 10.1. The van der Waals surface area contributed by atoms with Crippen LogP contribution in [0.3, 0.4) is 0 Å². The van der Waals surface area contributed by atoms with Gasteiger partial charge in [0.2, 0.25) is 5.01 Å². The van der Waals surface area contributed by atoms with Gasteiger partial charge in [0.25, 0.3) is 0 Å². The SMILES string of the molecule is CS(=O)(=O)C1(S(C)(=O)=O)C=C(C#[N+]O)C=CC1. The minimum Gasteiger partial charge on any atom is -0.227 e. The van der Waals surface area contributed by atoms with Gasteiger partial charge < -0.3 is 0 Å². The summed E-state index contributed by atoms with van der Waals surface area (Å²) in [6.07, 6.45) is 5.43. The molecule has 1 rings (SSSR count). The van der Waals surface area contributed by atoms with Crippen LogP contribution < -0.4 is 0 Å². The molecule has 0 bridgehead atoms. The number of hydrogen-bond acceptors (Lipinski definition) is 5. The summed E-state index contributed by atoms with van der Waals surface area (Å²) in [6, 6.07) is 2.11. The molecule has 0 aromatic heterocycles. The van der Waals surface area contributed by atoms with Gasteiger partial charge in [0.1, 0.15) is 5.57 Å². The maximum atomic E-state index is 11.7. The second-order valence-electron chi connectivity index (χ2n) is 3.77. The van der Waals surface area contributed by atoms with E-state index in [0.717, 1.165) is 18.6 Å². The van der Waals surface area contributed by atoms with Crippen molar-refractivity contribution in [2.45, 2.75) is 10.5 Å². The average molecular weight is 278 g/mol. The monoisotopic (exact) mass is 278 g/mol. The number of rotatable bonds is 2. The Labute approximate surface area is 99.9 Å². The van der Waals surface area contributed by atoms with E-state index in [1.165, 1.54) is 12.2 Å². The highest BCUT2D eigenvalue weighted by molar-refractivity contribution is 8.10. The first-order valence-electron chi connectivity index (χ1n) is 4.53. The van der Waals surface area contributed by atoms with Crippen molar-refractivity contribution in [2.75, 3.05) is 12.5 Å². The van der Waals surface area contributed by atoms with Crippen molar-refractivity contribution in [3.8, 4) is 6.07 Å². The normalized spacial score (nSPS) is 19.1. The van der Waals surface area contributed by atoms with Crippen LogP contribution in [0.5, 0.6) is 0 Å². The van der Waals surface area contributed by atoms with Crippen LogP contribution in [0.1, 0.15) is 6.42 Å². The van der Waals surface area contributed by atoms with Crippen LogP contribution in [-0.2, 0) is 19.7 Å². The van der Waals surface area contributed by atoms with E-state index in [1.807, 2.05) is 0 Å². The first kappa shape index (κ1) is 13.7. The Balaban J connectivity index is 3.60. The fraction of sp³-hybridized carbons (Fsp3) is 0.444. The predicted molar refractivity (Wildman–Crippen MR) is 63.3 cm³/mol. The van der Waals surface area contributed by atoms with Crippen molar-refractivity contribution in [2.24, 2.45) is 0 Å². The fourth-order valence-electron chi connectivity index (χ4n) is 1.61. The van der Waals surface area contributed by atoms with Crippen LogP contribution in [0.15, 0.2) is 23.8 Å². The molecule has 0 radical (unpaired) electrons. The Bertz CT molecular complexity index is 611. The van der Waals surface area contributed by atoms with E-state index in [0.29, 0.717) is 0 Å². The standard InChI is InChI=1S/C9H11NO5S2/c1-16(12,13)9(17(2,14)15)5-3-4-8(6-9)7-10-11/h3-4,6H,5H2,1-2H3/p+1. The fourth-order valence-corrected chi connectivity index (χ4v) is 5.29. The first-order valence-corrected chi connectivity index (χ1v) is 8.31. The second kappa shape index (κ2) is 4.16. The van der Waals surface area contributed by atoms with Crippen molar-refractivity contribution in [3.63, 3.8) is 0 Å². The highest BCUT2D eigenvalue weighted by Crippen LogP contribution is 2.34. The summed E-state index contributed by atoms with van der Waals surface area (Å²) in [6.45, 7) is 0. The average Bonchev–Trinajstić information content (AvgIpc) is 2.15. The summed E-state index contributed by atoms with van der Waals surface area (Å²) in [5.41, 5.74) is 0.106. The van der Waals surface area contributed by atoms with Gasteiger partial charge in [0.05, 0.1) is 0 Å². The van der Waals surface area contributed by atoms with E-state index >= 15 is 0 Å². The second-order valence-corrected chi connectivity index (χ2v) is 8.58. The molecule has 0 spiro atoms. The lowest BCUT2D eigenvalue weighted by Gasteiger charge is -2.27. The molecule has 0 fully saturated rings. The molecule has 1 aliphatic rings. The van der Waals surface area contributed by atoms with E-state index in [2.05, 4.69) is 11.1 Å². The van der Waals surface area contributed by atoms with Crippen LogP contribution in [0.25, 0.3) is 5.01 Å². The molecule has 94 valence electrons. The molecule has 0 aliphatic heterocycles. The molecule has 1 N–H and O–H groups in total. The maximum Gasteiger partial charge on any atom is 0.387 e. The highest BCUT2D eigenvalue weighted by atomic mass is 32.3. The van der Waals surface area contributed by atoms with Gasteiger partial charge in [-0.2, -0.15) is 5.21 Å². The molecule has 8 heteroatoms. The number of hydrogen-bond donors (Lipinski definition) is 1. The zero-order valence-corrected chi connectivity index (χ0v) is 10.9. The minimum atomic E-state index is -3.88. The molecule has 1 aliphatic carbocycles. The van der Waals surface area contributed by atoms with Crippen LogP contribution in [0.2, 0.25) is 0 Å². The molecule has 6 nitrogen and oxygen atoms in total. The molecule has 0 aromatic carbocycles. The smallest absolute Gasteiger partial charge is 0.227 e. The van der Waals surface area contributed by atoms with Crippen molar-refractivity contribution in [1.82, 2.24) is 0 Å². The third-order valence-electron chi connectivity index (χ3n) is 2.51. The van der Waals surface area contributed by atoms with Gasteiger partial charge in [-0.25, -0.2) is 16.8 Å². The molecule has 0 aromatic rings. The van der Waals surface area contributed by atoms with Crippen molar-refractivity contribution < 1.29 is 22.0 Å². The molecule has 0 unspecified atom stereocenters. The summed E-state index contributed by atoms with van der Waals surface area (Å²) in [5, 5.41) is 11.0. The van der Waals surface area contributed by atoms with Crippen LogP contribution in [-0.4, -0.2) is 38.6 Å². The topological polar surface area (TPSA) is 92.9 Å². The van der Waals surface area contributed by atoms with E-state index in [-0.39, 0.29) is 12.0 Å². The summed E-state index contributed by atoms with van der Waals surface area (Å²) in [5.74, 6) is 0. The van der Waals surface area contributed by atoms with E-state index in [1.54, 1.807) is 0 Å². The lowest BCUT2D eigenvalue weighted by molar-refractivity contribution is 0.465. The quantitative estimate of drug-likeness (QED) is 0.737. The van der Waals surface area contributed by atoms with E-state index in [9.17, 15) is 16.8 Å². The Hall–Kier alpha value is -1.33. The van der Waals surface area contributed by atoms with Gasteiger partial charge in [0.15, 0.2) is 23.8 Å². The third-order valence-corrected chi connectivity index (χ3v) is 7.41. The highest BCUT2D eigenvalue weighted by Gasteiger charge is 2.49. The Morgan fingerprint density at radius 1 is 1.29 bits per heavy atom. The first-order chi connectivity index (χ1) is 7.64. The third kappa shape index (κ3) is 2.35. The van der Waals surface area contributed by atoms with Gasteiger partial charge in [0, 0.05) is 18.9 Å². The zero-order chi connectivity index (χ0) is 13.3. The van der Waals surface area contributed by atoms with Crippen LogP contribution in [0, 0.1) is 6.07 Å². The van der Waals surface area contributed by atoms with Crippen LogP contribution >= 0.6 is 0 Å². The Morgan fingerprint density at radius 3 is 2.24 bits per heavy atom. The van der Waals surface area contributed by atoms with Gasteiger partial charge >= 0.3 is 6.07 Å². The van der Waals surface area contributed by atoms with Gasteiger partial charge in [-0.1, -0.05) is 6.08 Å². The molecule has 0 amide bonds. The van der Waals surface area contributed by atoms with Crippen molar-refractivity contribution in [1.29, 1.82) is 0 Å². The predicted octanol–water partition coefficient (Wildman–Crippen LogP) is 0.380. The molecule has 0 saturated heterocycles. The number of allylic oxidation sites excluding steroid dienone is 3. The van der Waals surface area contributed by atoms with Crippen LogP contribution in [0.4, 0.5) is 0 Å². The molecule has 17 heavy (non-hydrogen) atoms. The van der Waals surface area contributed by atoms with Crippen molar-refractivity contribution >= 4 is 19.7 Å². The summed E-state index contributed by atoms with van der Waals surface area (Å²) >= 11 is 0. The molecular weight excluding hydrogens is 266 g/mol. The number of nitrogens with zero attached hydrogens (tertiary/aromatic N) is 1. The van der Waals surface area contributed by atoms with Gasteiger partial charge in [-0.3, -0.25) is 0 Å². The van der Waals surface area contributed by atoms with Gasteiger partial charge in [-0.15, -0.1) is 0 Å². The molecule has 0 heterocycles. The minimum absolute atomic E-state index is 0.106. The van der Waals surface area contributed by atoms with Crippen molar-refractivity contribution in [3.05, 3.63) is 28.8 Å². The summed E-state index contributed by atoms with van der Waals surface area (Å²) < 4.78 is 44.9. The number of sulfone groups is 2. The Morgan fingerprint density at radius 2 is 1.82 bits per heavy atom. The molecule has 0 saturated carbocycles. The summed E-state index contributed by atoms with van der Waals surface area (Å²) in [7, 11) is -7.75. The Kier molecular flexibility index (Phi) is 3.36. The maximum absolute atomic E-state index is 11.7. The van der Waals surface area contributed by atoms with E-state index in [4.69, 9.17) is 5.21 Å². The zero-order valence-electron chi connectivity index (χ0n) is 9.28. The lowest BCUT2D eigenvalue weighted by Crippen LogP contribution is -2.44. The molecule has 0 atom stereocenters. The largest absolute Gasteiger partial charge is 0.387 e.